The Bertz CT molecular complexity index is 3860. The maximum atomic E-state index is 12.1. The number of hydrogen-bond donors (Lipinski definition) is 1. The number of phenols is 1. The molecule has 2 aromatic heterocycles. The molecule has 0 aliphatic carbocycles. The Hall–Kier alpha value is -7.91. The first kappa shape index (κ1) is 44.1. The summed E-state index contributed by atoms with van der Waals surface area (Å²) in [5, 5.41) is 12.1. The van der Waals surface area contributed by atoms with Crippen molar-refractivity contribution < 1.29 is 30.3 Å². The summed E-state index contributed by atoms with van der Waals surface area (Å²) < 4.78 is 29.1. The molecule has 0 aliphatic heterocycles. The van der Waals surface area contributed by atoms with Crippen molar-refractivity contribution in [3.05, 3.63) is 241 Å². The number of benzene rings is 9. The zero-order valence-corrected chi connectivity index (χ0v) is 43.1. The summed E-state index contributed by atoms with van der Waals surface area (Å²) in [6.45, 7) is 7.99. The Morgan fingerprint density at radius 3 is 1.74 bits per heavy atom. The van der Waals surface area contributed by atoms with Gasteiger partial charge >= 0.3 is 0 Å². The van der Waals surface area contributed by atoms with Gasteiger partial charge in [-0.3, -0.25) is 9.55 Å². The fraction of sp³-hybridized carbons (Fsp3) is 0.104. The van der Waals surface area contributed by atoms with Gasteiger partial charge in [-0.15, -0.1) is 23.8 Å². The Balaban J connectivity index is 0.00000641. The van der Waals surface area contributed by atoms with E-state index in [1.54, 1.807) is 0 Å². The third kappa shape index (κ3) is 9.27. The molecule has 0 fully saturated rings. The van der Waals surface area contributed by atoms with Gasteiger partial charge in [0.05, 0.1) is 22.3 Å². The van der Waals surface area contributed by atoms with Gasteiger partial charge in [0.1, 0.15) is 11.6 Å². The third-order valence-electron chi connectivity index (χ3n) is 13.5. The first-order valence-electron chi connectivity index (χ1n) is 25.6. The first-order valence-corrected chi connectivity index (χ1v) is 24.1. The van der Waals surface area contributed by atoms with Crippen molar-refractivity contribution in [3.63, 3.8) is 0 Å². The van der Waals surface area contributed by atoms with Gasteiger partial charge in [-0.05, 0) is 123 Å². The van der Waals surface area contributed by atoms with Crippen LogP contribution < -0.4 is 0 Å². The molecule has 0 saturated carbocycles. The van der Waals surface area contributed by atoms with Crippen LogP contribution in [0.25, 0.3) is 106 Å². The number of imidazole rings is 1. The van der Waals surface area contributed by atoms with E-state index in [0.717, 1.165) is 78.0 Å². The fourth-order valence-corrected chi connectivity index (χ4v) is 9.78. The number of pyridine rings is 1. The molecule has 0 aliphatic rings. The van der Waals surface area contributed by atoms with Crippen LogP contribution in [0.3, 0.4) is 0 Å². The molecule has 5 heteroatoms. The molecular weight excluding hydrogens is 1060 g/mol. The van der Waals surface area contributed by atoms with E-state index in [-0.39, 0.29) is 37.8 Å². The average molecular weight is 1120 g/mol. The number of aromatic nitrogens is 3. The molecule has 0 spiro atoms. The minimum atomic E-state index is -2.49. The van der Waals surface area contributed by atoms with Gasteiger partial charge in [-0.2, -0.15) is 0 Å². The molecule has 11 rings (SSSR count). The van der Waals surface area contributed by atoms with Crippen LogP contribution in [0.5, 0.6) is 5.75 Å². The monoisotopic (exact) mass is 1110 g/mol. The molecule has 0 amide bonds. The van der Waals surface area contributed by atoms with Gasteiger partial charge in [0.25, 0.3) is 0 Å². The van der Waals surface area contributed by atoms with E-state index >= 15 is 0 Å². The number of rotatable bonds is 9. The summed E-state index contributed by atoms with van der Waals surface area (Å²) >= 11 is 0. The van der Waals surface area contributed by atoms with Gasteiger partial charge in [0.15, 0.2) is 0 Å². The van der Waals surface area contributed by atoms with Gasteiger partial charge in [0.2, 0.25) is 0 Å². The van der Waals surface area contributed by atoms with E-state index in [1.807, 2.05) is 122 Å². The summed E-state index contributed by atoms with van der Waals surface area (Å²) in [5.74, 6) is 0.572. The van der Waals surface area contributed by atoms with Crippen molar-refractivity contribution >= 4 is 11.0 Å². The zero-order valence-electron chi connectivity index (χ0n) is 43.8. The van der Waals surface area contributed by atoms with Crippen LogP contribution in [0.15, 0.2) is 212 Å². The van der Waals surface area contributed by atoms with Crippen LogP contribution >= 0.6 is 0 Å². The molecule has 4 nitrogen and oxygen atoms in total. The molecule has 0 atom stereocenters. The zero-order chi connectivity index (χ0) is 51.3. The second-order valence-corrected chi connectivity index (χ2v) is 19.5. The quantitative estimate of drug-likeness (QED) is 0.147. The predicted molar refractivity (Wildman–Crippen MR) is 296 cm³/mol. The summed E-state index contributed by atoms with van der Waals surface area (Å²) in [4.78, 5) is 10.5. The SMILES string of the molecule is [2H]C([2H])([2H])c1cc(-n2c(-c3cc(C)cc(C)c3O)nc3c(-c4[c-]c(-c5cc(-c6ccc(-c7ccccc7)cc6)ccn5)cc(-c5ccccc5)c4)cccc32)c(-c2ccc(C(C)(C)C)cc2)cc1-c1ccccc1.[Pt]. The maximum absolute atomic E-state index is 12.1. The van der Waals surface area contributed by atoms with Gasteiger partial charge in [-0.1, -0.05) is 201 Å². The second kappa shape index (κ2) is 19.7. The minimum Gasteiger partial charge on any atom is -0.507 e. The minimum absolute atomic E-state index is 0. The van der Waals surface area contributed by atoms with Crippen LogP contribution in [-0.4, -0.2) is 19.6 Å². The number of hydrogen-bond acceptors (Lipinski definition) is 3. The summed E-state index contributed by atoms with van der Waals surface area (Å²) in [6, 6.07) is 73.7. The van der Waals surface area contributed by atoms with Crippen LogP contribution in [0.2, 0.25) is 0 Å². The maximum Gasteiger partial charge on any atom is 0.148 e. The van der Waals surface area contributed by atoms with Gasteiger partial charge in [0, 0.05) is 42.6 Å². The van der Waals surface area contributed by atoms with Crippen molar-refractivity contribution in [2.75, 3.05) is 0 Å². The van der Waals surface area contributed by atoms with Crippen molar-refractivity contribution in [1.82, 2.24) is 14.5 Å². The van der Waals surface area contributed by atoms with Crippen LogP contribution in [0.1, 0.15) is 47.1 Å². The van der Waals surface area contributed by atoms with E-state index in [4.69, 9.17) is 14.1 Å². The first-order chi connectivity index (χ1) is 35.7. The molecule has 1 N–H and O–H groups in total. The summed E-state index contributed by atoms with van der Waals surface area (Å²) in [7, 11) is 0. The molecule has 72 heavy (non-hydrogen) atoms. The smallest absolute Gasteiger partial charge is 0.148 e. The Morgan fingerprint density at radius 1 is 0.500 bits per heavy atom. The molecule has 0 bridgehead atoms. The topological polar surface area (TPSA) is 50.9 Å². The van der Waals surface area contributed by atoms with Crippen molar-refractivity contribution in [2.24, 2.45) is 0 Å². The molecule has 2 heterocycles. The number of phenolic OH excluding ortho intramolecular Hbond substituents is 1. The van der Waals surface area contributed by atoms with Crippen molar-refractivity contribution in [3.8, 4) is 101 Å². The molecule has 354 valence electrons. The molecule has 9 aromatic carbocycles. The molecular formula is C67H54N3OPt-. The predicted octanol–water partition coefficient (Wildman–Crippen LogP) is 17.5. The van der Waals surface area contributed by atoms with Crippen molar-refractivity contribution in [2.45, 2.75) is 46.9 Å². The third-order valence-corrected chi connectivity index (χ3v) is 13.5. The van der Waals surface area contributed by atoms with E-state index < -0.39 is 6.85 Å². The largest absolute Gasteiger partial charge is 0.507 e. The molecule has 0 radical (unpaired) electrons. The molecule has 11 aromatic rings. The van der Waals surface area contributed by atoms with E-state index in [2.05, 4.69) is 136 Å². The Kier molecular flexibility index (Phi) is 12.1. The Labute approximate surface area is 441 Å². The number of aryl methyl sites for hydroxylation is 3. The summed E-state index contributed by atoms with van der Waals surface area (Å²) in [5.41, 5.74) is 18.3. The normalized spacial score (nSPS) is 12.2. The van der Waals surface area contributed by atoms with Gasteiger partial charge in [-0.25, -0.2) is 4.98 Å². The Morgan fingerprint density at radius 2 is 1.08 bits per heavy atom. The number of nitrogens with zero attached hydrogens (tertiary/aromatic N) is 3. The van der Waals surface area contributed by atoms with E-state index in [0.29, 0.717) is 33.7 Å². The molecule has 0 saturated heterocycles. The molecule has 0 unspecified atom stereocenters. The van der Waals surface area contributed by atoms with E-state index in [1.165, 1.54) is 11.1 Å². The van der Waals surface area contributed by atoms with Crippen LogP contribution in [0, 0.1) is 26.8 Å². The fourth-order valence-electron chi connectivity index (χ4n) is 9.78. The summed E-state index contributed by atoms with van der Waals surface area (Å²) in [6.07, 6.45) is 1.86. The number of para-hydroxylation sites is 1. The second-order valence-electron chi connectivity index (χ2n) is 19.5. The van der Waals surface area contributed by atoms with E-state index in [9.17, 15) is 5.11 Å². The average Bonchev–Trinajstić information content (AvgIpc) is 3.86. The van der Waals surface area contributed by atoms with Crippen molar-refractivity contribution in [1.29, 1.82) is 0 Å². The standard InChI is InChI=1S/C67H54N3O.Pt/c1-43-35-45(3)65(71)60(36-43)66-69-64-57(23-16-24-62(64)70(66)63-37-44(2)58(50-21-14-9-15-22-50)42-59(63)51-29-31-56(32-30-51)67(4,5)6)54-38-53(47-19-12-8-13-20-47)39-55(40-54)61-41-52(33-34-68-61)49-27-25-48(26-28-49)46-17-10-7-11-18-46;/h7-39,41-42,71H,1-6H3;/q-1;/i2D3;. The van der Waals surface area contributed by atoms with Gasteiger partial charge < -0.3 is 5.11 Å². The van der Waals surface area contributed by atoms with Crippen LogP contribution in [-0.2, 0) is 26.5 Å². The van der Waals surface area contributed by atoms with Crippen LogP contribution in [0.4, 0.5) is 0 Å². The number of aromatic hydroxyl groups is 1. The number of fused-ring (bicyclic) bond motifs is 1.